The standard InChI is InChI=1S/C15H21NO/c1-11(16-2)13-5-7-14(8-6-13)15-4-3-12(9-15)10-17/h5-8,12,15,17H,3-4,9-10H2,1-2H3/t12-,15+/m0/s1. The van der Waals surface area contributed by atoms with Gasteiger partial charge in [0, 0.05) is 19.4 Å². The fourth-order valence-electron chi connectivity index (χ4n) is 2.67. The van der Waals surface area contributed by atoms with Gasteiger partial charge in [-0.2, -0.15) is 0 Å². The number of hydrogen-bond acceptors (Lipinski definition) is 2. The lowest BCUT2D eigenvalue weighted by molar-refractivity contribution is 0.229. The summed E-state index contributed by atoms with van der Waals surface area (Å²) in [5.74, 6) is 1.15. The van der Waals surface area contributed by atoms with Crippen molar-refractivity contribution in [2.45, 2.75) is 32.1 Å². The zero-order chi connectivity index (χ0) is 12.3. The Morgan fingerprint density at radius 1 is 1.29 bits per heavy atom. The molecule has 0 aliphatic heterocycles. The maximum Gasteiger partial charge on any atom is 0.0459 e. The van der Waals surface area contributed by atoms with Gasteiger partial charge in [-0.1, -0.05) is 24.3 Å². The molecule has 0 radical (unpaired) electrons. The molecular formula is C15H21NO. The van der Waals surface area contributed by atoms with Crippen LogP contribution in [-0.2, 0) is 0 Å². The largest absolute Gasteiger partial charge is 0.396 e. The van der Waals surface area contributed by atoms with Gasteiger partial charge in [0.05, 0.1) is 0 Å². The predicted molar refractivity (Wildman–Crippen MR) is 71.7 cm³/mol. The van der Waals surface area contributed by atoms with E-state index < -0.39 is 0 Å². The minimum absolute atomic E-state index is 0.343. The van der Waals surface area contributed by atoms with E-state index in [1.54, 1.807) is 0 Å². The second-order valence-corrected chi connectivity index (χ2v) is 4.99. The molecule has 2 atom stereocenters. The van der Waals surface area contributed by atoms with E-state index in [4.69, 9.17) is 5.11 Å². The summed E-state index contributed by atoms with van der Waals surface area (Å²) in [5, 5.41) is 9.16. The van der Waals surface area contributed by atoms with E-state index in [0.717, 1.165) is 12.1 Å². The molecule has 2 nitrogen and oxygen atoms in total. The molecule has 92 valence electrons. The molecule has 1 N–H and O–H groups in total. The summed E-state index contributed by atoms with van der Waals surface area (Å²) in [4.78, 5) is 4.19. The minimum atomic E-state index is 0.343. The highest BCUT2D eigenvalue weighted by Crippen LogP contribution is 2.37. The number of aliphatic hydroxyl groups excluding tert-OH is 1. The average molecular weight is 231 g/mol. The number of benzene rings is 1. The first kappa shape index (κ1) is 12.3. The summed E-state index contributed by atoms with van der Waals surface area (Å²) in [7, 11) is 1.83. The summed E-state index contributed by atoms with van der Waals surface area (Å²) < 4.78 is 0. The van der Waals surface area contributed by atoms with Crippen molar-refractivity contribution in [3.8, 4) is 0 Å². The van der Waals surface area contributed by atoms with Gasteiger partial charge in [-0.25, -0.2) is 0 Å². The Balaban J connectivity index is 2.08. The Morgan fingerprint density at radius 2 is 2.00 bits per heavy atom. The molecule has 2 heteroatoms. The zero-order valence-corrected chi connectivity index (χ0v) is 10.7. The number of aliphatic imine (C=N–C) groups is 1. The molecular weight excluding hydrogens is 210 g/mol. The van der Waals surface area contributed by atoms with E-state index in [1.807, 2.05) is 14.0 Å². The quantitative estimate of drug-likeness (QED) is 0.797. The Kier molecular flexibility index (Phi) is 3.95. The molecule has 1 aromatic rings. The second kappa shape index (κ2) is 5.46. The van der Waals surface area contributed by atoms with Crippen LogP contribution in [0.15, 0.2) is 29.3 Å². The predicted octanol–water partition coefficient (Wildman–Crippen LogP) is 3.00. The molecule has 1 aliphatic rings. The Morgan fingerprint density at radius 3 is 2.53 bits per heavy atom. The maximum absolute atomic E-state index is 9.16. The molecule has 1 aromatic carbocycles. The Labute approximate surface area is 103 Å². The normalized spacial score (nSPS) is 25.2. The number of hydrogen-bond donors (Lipinski definition) is 1. The summed E-state index contributed by atoms with van der Waals surface area (Å²) in [6.45, 7) is 2.38. The summed E-state index contributed by atoms with van der Waals surface area (Å²) in [6, 6.07) is 8.75. The molecule has 0 bridgehead atoms. The van der Waals surface area contributed by atoms with E-state index in [9.17, 15) is 0 Å². The van der Waals surface area contributed by atoms with Gasteiger partial charge in [-0.05, 0) is 49.1 Å². The topological polar surface area (TPSA) is 32.6 Å². The fourth-order valence-corrected chi connectivity index (χ4v) is 2.67. The smallest absolute Gasteiger partial charge is 0.0459 e. The van der Waals surface area contributed by atoms with Crippen LogP contribution in [0.5, 0.6) is 0 Å². The molecule has 0 aromatic heterocycles. The lowest BCUT2D eigenvalue weighted by Crippen LogP contribution is -2.01. The van der Waals surface area contributed by atoms with Gasteiger partial charge in [0.15, 0.2) is 0 Å². The maximum atomic E-state index is 9.16. The molecule has 1 aliphatic carbocycles. The molecule has 0 saturated heterocycles. The van der Waals surface area contributed by atoms with Crippen molar-refractivity contribution in [2.24, 2.45) is 10.9 Å². The monoisotopic (exact) mass is 231 g/mol. The van der Waals surface area contributed by atoms with Crippen molar-refractivity contribution in [3.63, 3.8) is 0 Å². The van der Waals surface area contributed by atoms with Crippen molar-refractivity contribution in [1.29, 1.82) is 0 Å². The summed E-state index contributed by atoms with van der Waals surface area (Å²) in [5.41, 5.74) is 3.69. The molecule has 0 heterocycles. The van der Waals surface area contributed by atoms with Crippen LogP contribution in [-0.4, -0.2) is 24.5 Å². The third kappa shape index (κ3) is 2.75. The van der Waals surface area contributed by atoms with Crippen molar-refractivity contribution in [1.82, 2.24) is 0 Å². The molecule has 0 unspecified atom stereocenters. The van der Waals surface area contributed by atoms with Crippen molar-refractivity contribution in [3.05, 3.63) is 35.4 Å². The third-order valence-electron chi connectivity index (χ3n) is 3.93. The van der Waals surface area contributed by atoms with Gasteiger partial charge < -0.3 is 5.11 Å². The number of nitrogens with zero attached hydrogens (tertiary/aromatic N) is 1. The first-order valence-corrected chi connectivity index (χ1v) is 6.39. The van der Waals surface area contributed by atoms with Crippen LogP contribution in [0.4, 0.5) is 0 Å². The lowest BCUT2D eigenvalue weighted by atomic mass is 9.95. The van der Waals surface area contributed by atoms with Crippen LogP contribution < -0.4 is 0 Å². The second-order valence-electron chi connectivity index (χ2n) is 4.99. The van der Waals surface area contributed by atoms with Crippen LogP contribution in [0.1, 0.15) is 43.2 Å². The molecule has 1 saturated carbocycles. The highest BCUT2D eigenvalue weighted by Gasteiger charge is 2.24. The third-order valence-corrected chi connectivity index (χ3v) is 3.93. The van der Waals surface area contributed by atoms with Gasteiger partial charge in [-0.15, -0.1) is 0 Å². The van der Waals surface area contributed by atoms with Crippen molar-refractivity contribution in [2.75, 3.05) is 13.7 Å². The van der Waals surface area contributed by atoms with Crippen molar-refractivity contribution >= 4 is 5.71 Å². The van der Waals surface area contributed by atoms with Gasteiger partial charge in [0.25, 0.3) is 0 Å². The van der Waals surface area contributed by atoms with Gasteiger partial charge in [0.1, 0.15) is 0 Å². The van der Waals surface area contributed by atoms with Crippen molar-refractivity contribution < 1.29 is 5.11 Å². The first-order chi connectivity index (χ1) is 8.24. The van der Waals surface area contributed by atoms with E-state index in [0.29, 0.717) is 18.4 Å². The van der Waals surface area contributed by atoms with E-state index in [2.05, 4.69) is 29.3 Å². The van der Waals surface area contributed by atoms with Crippen LogP contribution in [0.2, 0.25) is 0 Å². The van der Waals surface area contributed by atoms with Gasteiger partial charge >= 0.3 is 0 Å². The van der Waals surface area contributed by atoms with E-state index in [1.165, 1.54) is 24.0 Å². The Hall–Kier alpha value is -1.15. The fraction of sp³-hybridized carbons (Fsp3) is 0.533. The van der Waals surface area contributed by atoms with E-state index >= 15 is 0 Å². The van der Waals surface area contributed by atoms with Crippen LogP contribution in [0.3, 0.4) is 0 Å². The van der Waals surface area contributed by atoms with Gasteiger partial charge in [-0.3, -0.25) is 4.99 Å². The highest BCUT2D eigenvalue weighted by molar-refractivity contribution is 5.98. The summed E-state index contributed by atoms with van der Waals surface area (Å²) in [6.07, 6.45) is 3.51. The van der Waals surface area contributed by atoms with Crippen LogP contribution in [0.25, 0.3) is 0 Å². The zero-order valence-electron chi connectivity index (χ0n) is 10.7. The Bertz CT molecular complexity index is 394. The van der Waals surface area contributed by atoms with E-state index in [-0.39, 0.29) is 0 Å². The van der Waals surface area contributed by atoms with Crippen LogP contribution >= 0.6 is 0 Å². The molecule has 2 rings (SSSR count). The average Bonchev–Trinajstić information content (AvgIpc) is 2.87. The minimum Gasteiger partial charge on any atom is -0.396 e. The summed E-state index contributed by atoms with van der Waals surface area (Å²) >= 11 is 0. The molecule has 17 heavy (non-hydrogen) atoms. The van der Waals surface area contributed by atoms with Crippen LogP contribution in [0, 0.1) is 5.92 Å². The lowest BCUT2D eigenvalue weighted by Gasteiger charge is -2.11. The molecule has 0 spiro atoms. The molecule has 0 amide bonds. The number of aliphatic hydroxyl groups is 1. The van der Waals surface area contributed by atoms with Gasteiger partial charge in [0.2, 0.25) is 0 Å². The number of rotatable bonds is 3. The first-order valence-electron chi connectivity index (χ1n) is 6.39. The SMILES string of the molecule is CN=C(C)c1ccc([C@@H]2CC[C@H](CO)C2)cc1. The molecule has 1 fully saturated rings. The highest BCUT2D eigenvalue weighted by atomic mass is 16.3.